The maximum absolute atomic E-state index is 11.5. The van der Waals surface area contributed by atoms with Gasteiger partial charge in [0.1, 0.15) is 12.4 Å². The lowest BCUT2D eigenvalue weighted by Crippen LogP contribution is -2.42. The van der Waals surface area contributed by atoms with Gasteiger partial charge in [0.15, 0.2) is 5.78 Å². The minimum Gasteiger partial charge on any atom is -0.491 e. The molecule has 2 atom stereocenters. The van der Waals surface area contributed by atoms with Crippen molar-refractivity contribution in [2.24, 2.45) is 5.92 Å². The highest BCUT2D eigenvalue weighted by atomic mass is 16.5. The molecule has 0 N–H and O–H groups in total. The molecule has 20 heavy (non-hydrogen) atoms. The molecule has 3 heteroatoms. The number of rotatable bonds is 5. The SMILES string of the molecule is CC(=O)c1ccccc1OCCN1CCC(C)CC1C. The van der Waals surface area contributed by atoms with Gasteiger partial charge < -0.3 is 4.74 Å². The van der Waals surface area contributed by atoms with Crippen LogP contribution in [0.1, 0.15) is 44.0 Å². The van der Waals surface area contributed by atoms with Crippen LogP contribution in [-0.2, 0) is 0 Å². The van der Waals surface area contributed by atoms with E-state index in [2.05, 4.69) is 18.7 Å². The third-order valence-corrected chi connectivity index (χ3v) is 4.18. The molecule has 0 aliphatic carbocycles. The highest BCUT2D eigenvalue weighted by Crippen LogP contribution is 2.22. The summed E-state index contributed by atoms with van der Waals surface area (Å²) in [5.41, 5.74) is 0.674. The number of nitrogens with zero attached hydrogens (tertiary/aromatic N) is 1. The fourth-order valence-corrected chi connectivity index (χ4v) is 2.94. The van der Waals surface area contributed by atoms with Crippen molar-refractivity contribution in [1.29, 1.82) is 0 Å². The summed E-state index contributed by atoms with van der Waals surface area (Å²) in [6.07, 6.45) is 2.54. The molecule has 2 unspecified atom stereocenters. The lowest BCUT2D eigenvalue weighted by molar-refractivity contribution is 0.0996. The number of ether oxygens (including phenoxy) is 1. The molecule has 0 saturated carbocycles. The van der Waals surface area contributed by atoms with Crippen molar-refractivity contribution in [3.8, 4) is 5.75 Å². The quantitative estimate of drug-likeness (QED) is 0.771. The van der Waals surface area contributed by atoms with Gasteiger partial charge in [0.05, 0.1) is 5.56 Å². The number of hydrogen-bond donors (Lipinski definition) is 0. The van der Waals surface area contributed by atoms with Gasteiger partial charge in [-0.1, -0.05) is 19.1 Å². The van der Waals surface area contributed by atoms with Gasteiger partial charge in [-0.25, -0.2) is 0 Å². The summed E-state index contributed by atoms with van der Waals surface area (Å²) in [5.74, 6) is 1.60. The number of carbonyl (C=O) groups excluding carboxylic acids is 1. The molecule has 3 nitrogen and oxygen atoms in total. The predicted octanol–water partition coefficient (Wildman–Crippen LogP) is 3.39. The molecular weight excluding hydrogens is 250 g/mol. The van der Waals surface area contributed by atoms with Crippen molar-refractivity contribution in [1.82, 2.24) is 4.90 Å². The highest BCUT2D eigenvalue weighted by molar-refractivity contribution is 5.96. The van der Waals surface area contributed by atoms with Crippen LogP contribution in [0.25, 0.3) is 0 Å². The van der Waals surface area contributed by atoms with E-state index in [0.29, 0.717) is 24.0 Å². The van der Waals surface area contributed by atoms with Crippen LogP contribution >= 0.6 is 0 Å². The average molecular weight is 275 g/mol. The standard InChI is InChI=1S/C17H25NO2/c1-13-8-9-18(14(2)12-13)10-11-20-17-7-5-4-6-16(17)15(3)19/h4-7,13-14H,8-12H2,1-3H3. The van der Waals surface area contributed by atoms with E-state index >= 15 is 0 Å². The summed E-state index contributed by atoms with van der Waals surface area (Å²) in [6.45, 7) is 8.92. The molecule has 1 aromatic rings. The summed E-state index contributed by atoms with van der Waals surface area (Å²) >= 11 is 0. The van der Waals surface area contributed by atoms with Crippen LogP contribution in [0.2, 0.25) is 0 Å². The number of para-hydroxylation sites is 1. The topological polar surface area (TPSA) is 29.5 Å². The Labute approximate surface area is 121 Å². The minimum atomic E-state index is 0.0563. The predicted molar refractivity (Wildman–Crippen MR) is 81.4 cm³/mol. The van der Waals surface area contributed by atoms with E-state index in [-0.39, 0.29) is 5.78 Å². The molecule has 0 amide bonds. The number of likely N-dealkylation sites (tertiary alicyclic amines) is 1. The summed E-state index contributed by atoms with van der Waals surface area (Å²) in [4.78, 5) is 14.0. The maximum atomic E-state index is 11.5. The summed E-state index contributed by atoms with van der Waals surface area (Å²) in [6, 6.07) is 8.11. The molecule has 1 saturated heterocycles. The lowest BCUT2D eigenvalue weighted by Gasteiger charge is -2.36. The van der Waals surface area contributed by atoms with Gasteiger partial charge in [-0.2, -0.15) is 0 Å². The second-order valence-electron chi connectivity index (χ2n) is 5.92. The molecule has 1 heterocycles. The van der Waals surface area contributed by atoms with Crippen molar-refractivity contribution >= 4 is 5.78 Å². The number of hydrogen-bond acceptors (Lipinski definition) is 3. The molecule has 1 aliphatic rings. The molecule has 0 aromatic heterocycles. The fraction of sp³-hybridized carbons (Fsp3) is 0.588. The number of piperidine rings is 1. The lowest BCUT2D eigenvalue weighted by atomic mass is 9.93. The number of benzene rings is 1. The van der Waals surface area contributed by atoms with E-state index in [1.54, 1.807) is 6.92 Å². The Balaban J connectivity index is 1.86. The monoisotopic (exact) mass is 275 g/mol. The molecule has 2 rings (SSSR count). The average Bonchev–Trinajstić information content (AvgIpc) is 2.41. The first kappa shape index (κ1) is 15.0. The first-order valence-electron chi connectivity index (χ1n) is 7.54. The Hall–Kier alpha value is -1.35. The van der Waals surface area contributed by atoms with E-state index in [9.17, 15) is 4.79 Å². The Bertz CT molecular complexity index is 458. The maximum Gasteiger partial charge on any atom is 0.163 e. The molecule has 1 aromatic carbocycles. The summed E-state index contributed by atoms with van der Waals surface area (Å²) in [7, 11) is 0. The fourth-order valence-electron chi connectivity index (χ4n) is 2.94. The zero-order valence-electron chi connectivity index (χ0n) is 12.8. The smallest absolute Gasteiger partial charge is 0.163 e. The normalized spacial score (nSPS) is 23.6. The molecule has 0 radical (unpaired) electrons. The second kappa shape index (κ2) is 6.89. The van der Waals surface area contributed by atoms with Crippen molar-refractivity contribution in [2.75, 3.05) is 19.7 Å². The minimum absolute atomic E-state index is 0.0563. The van der Waals surface area contributed by atoms with E-state index < -0.39 is 0 Å². The van der Waals surface area contributed by atoms with Gasteiger partial charge in [0, 0.05) is 12.6 Å². The Kier molecular flexibility index (Phi) is 5.18. The van der Waals surface area contributed by atoms with Crippen LogP contribution < -0.4 is 4.74 Å². The van der Waals surface area contributed by atoms with Crippen LogP contribution in [-0.4, -0.2) is 36.4 Å². The van der Waals surface area contributed by atoms with Crippen molar-refractivity contribution in [3.63, 3.8) is 0 Å². The summed E-state index contributed by atoms with van der Waals surface area (Å²) in [5, 5.41) is 0. The molecular formula is C17H25NO2. The van der Waals surface area contributed by atoms with Gasteiger partial charge in [-0.05, 0) is 51.3 Å². The van der Waals surface area contributed by atoms with Crippen LogP contribution in [0.15, 0.2) is 24.3 Å². The van der Waals surface area contributed by atoms with Crippen molar-refractivity contribution < 1.29 is 9.53 Å². The van der Waals surface area contributed by atoms with E-state index in [4.69, 9.17) is 4.74 Å². The van der Waals surface area contributed by atoms with Gasteiger partial charge >= 0.3 is 0 Å². The van der Waals surface area contributed by atoms with E-state index in [0.717, 1.165) is 19.0 Å². The Morgan fingerprint density at radius 3 is 2.80 bits per heavy atom. The van der Waals surface area contributed by atoms with Crippen LogP contribution in [0.5, 0.6) is 5.75 Å². The summed E-state index contributed by atoms with van der Waals surface area (Å²) < 4.78 is 5.81. The number of Topliss-reactive ketones (excluding diaryl/α,β-unsaturated/α-hetero) is 1. The molecule has 110 valence electrons. The third kappa shape index (κ3) is 3.83. The van der Waals surface area contributed by atoms with Crippen LogP contribution in [0.3, 0.4) is 0 Å². The first-order chi connectivity index (χ1) is 9.58. The van der Waals surface area contributed by atoms with Crippen molar-refractivity contribution in [3.05, 3.63) is 29.8 Å². The Morgan fingerprint density at radius 1 is 1.35 bits per heavy atom. The van der Waals surface area contributed by atoms with Crippen LogP contribution in [0, 0.1) is 5.92 Å². The zero-order chi connectivity index (χ0) is 14.5. The molecule has 1 aliphatic heterocycles. The second-order valence-corrected chi connectivity index (χ2v) is 5.92. The number of carbonyl (C=O) groups is 1. The van der Waals surface area contributed by atoms with Crippen LogP contribution in [0.4, 0.5) is 0 Å². The van der Waals surface area contributed by atoms with E-state index in [1.165, 1.54) is 12.8 Å². The molecule has 0 bridgehead atoms. The zero-order valence-corrected chi connectivity index (χ0v) is 12.8. The van der Waals surface area contributed by atoms with Gasteiger partial charge in [-0.3, -0.25) is 9.69 Å². The van der Waals surface area contributed by atoms with Crippen molar-refractivity contribution in [2.45, 2.75) is 39.7 Å². The molecule has 1 fully saturated rings. The van der Waals surface area contributed by atoms with Gasteiger partial charge in [-0.15, -0.1) is 0 Å². The number of ketones is 1. The Morgan fingerprint density at radius 2 is 2.10 bits per heavy atom. The van der Waals surface area contributed by atoms with Gasteiger partial charge in [0.2, 0.25) is 0 Å². The largest absolute Gasteiger partial charge is 0.491 e. The van der Waals surface area contributed by atoms with Gasteiger partial charge in [0.25, 0.3) is 0 Å². The van der Waals surface area contributed by atoms with E-state index in [1.807, 2.05) is 24.3 Å². The first-order valence-corrected chi connectivity index (χ1v) is 7.54. The molecule has 0 spiro atoms. The highest BCUT2D eigenvalue weighted by Gasteiger charge is 2.22. The third-order valence-electron chi connectivity index (χ3n) is 4.18.